The average Bonchev–Trinajstić information content (AvgIpc) is 2.64. The van der Waals surface area contributed by atoms with E-state index in [4.69, 9.17) is 21.1 Å². The molecule has 7 heteroatoms. The fourth-order valence-electron chi connectivity index (χ4n) is 2.47. The van der Waals surface area contributed by atoms with Crippen LogP contribution in [0.5, 0.6) is 11.5 Å². The summed E-state index contributed by atoms with van der Waals surface area (Å²) in [5.74, 6) is 1.25. The van der Waals surface area contributed by atoms with E-state index >= 15 is 0 Å². The second-order valence-electron chi connectivity index (χ2n) is 5.47. The van der Waals surface area contributed by atoms with Gasteiger partial charge in [-0.05, 0) is 31.2 Å². The molecule has 2 rings (SSSR count). The summed E-state index contributed by atoms with van der Waals surface area (Å²) in [4.78, 5) is 14.1. The minimum absolute atomic E-state index is 0.146. The number of urea groups is 1. The number of rotatable bonds is 8. The molecule has 140 valence electrons. The molecule has 0 saturated heterocycles. The van der Waals surface area contributed by atoms with Crippen molar-refractivity contribution in [2.24, 2.45) is 0 Å². The van der Waals surface area contributed by atoms with Crippen LogP contribution in [0, 0.1) is 0 Å². The molecule has 2 N–H and O–H groups in total. The van der Waals surface area contributed by atoms with Gasteiger partial charge in [0.1, 0.15) is 11.5 Å². The molecular formula is C19H23ClN2O4. The van der Waals surface area contributed by atoms with Gasteiger partial charge in [-0.2, -0.15) is 0 Å². The third-order valence-electron chi connectivity index (χ3n) is 3.69. The maximum atomic E-state index is 12.6. The second-order valence-corrected chi connectivity index (χ2v) is 5.87. The highest BCUT2D eigenvalue weighted by Gasteiger charge is 2.16. The van der Waals surface area contributed by atoms with Crippen LogP contribution in [0.2, 0.25) is 5.02 Å². The van der Waals surface area contributed by atoms with Crippen molar-refractivity contribution >= 4 is 23.3 Å². The molecule has 0 aliphatic heterocycles. The van der Waals surface area contributed by atoms with E-state index in [1.165, 1.54) is 4.90 Å². The zero-order valence-corrected chi connectivity index (χ0v) is 15.6. The predicted octanol–water partition coefficient (Wildman–Crippen LogP) is 3.77. The Morgan fingerprint density at radius 3 is 2.65 bits per heavy atom. The Hall–Kier alpha value is -2.44. The normalized spacial score (nSPS) is 10.3. The number of anilines is 1. The van der Waals surface area contributed by atoms with E-state index in [0.29, 0.717) is 35.4 Å². The van der Waals surface area contributed by atoms with Crippen LogP contribution >= 0.6 is 11.6 Å². The van der Waals surface area contributed by atoms with Crippen LogP contribution in [-0.4, -0.2) is 42.9 Å². The molecule has 0 saturated carbocycles. The third kappa shape index (κ3) is 5.28. The summed E-state index contributed by atoms with van der Waals surface area (Å²) >= 11 is 6.16. The monoisotopic (exact) mass is 378 g/mol. The van der Waals surface area contributed by atoms with Crippen molar-refractivity contribution in [2.45, 2.75) is 13.5 Å². The number of benzene rings is 2. The number of amides is 2. The van der Waals surface area contributed by atoms with Crippen molar-refractivity contribution in [1.29, 1.82) is 0 Å². The van der Waals surface area contributed by atoms with Gasteiger partial charge in [0.15, 0.2) is 0 Å². The minimum Gasteiger partial charge on any atom is -0.496 e. The Kier molecular flexibility index (Phi) is 7.56. The topological polar surface area (TPSA) is 71.0 Å². The van der Waals surface area contributed by atoms with E-state index in [9.17, 15) is 9.90 Å². The summed E-state index contributed by atoms with van der Waals surface area (Å²) in [6, 6.07) is 12.2. The molecule has 2 aromatic rings. The molecule has 2 aromatic carbocycles. The van der Waals surface area contributed by atoms with Crippen molar-refractivity contribution < 1.29 is 19.4 Å². The van der Waals surface area contributed by atoms with Gasteiger partial charge in [0.05, 0.1) is 31.9 Å². The number of nitrogens with zero attached hydrogens (tertiary/aromatic N) is 1. The summed E-state index contributed by atoms with van der Waals surface area (Å²) in [5.41, 5.74) is 1.40. The van der Waals surface area contributed by atoms with Crippen LogP contribution < -0.4 is 14.8 Å². The standard InChI is InChI=1S/C19H23ClN2O4/c1-3-26-18-9-8-15(12-16(18)20)21-19(24)22(10-11-23)13-14-6-4-5-7-17(14)25-2/h4-9,12,23H,3,10-11,13H2,1-2H3,(H,21,24). The van der Waals surface area contributed by atoms with Crippen molar-refractivity contribution in [1.82, 2.24) is 4.90 Å². The van der Waals surface area contributed by atoms with E-state index < -0.39 is 0 Å². The number of halogens is 1. The summed E-state index contributed by atoms with van der Waals surface area (Å²) in [7, 11) is 1.58. The van der Waals surface area contributed by atoms with Gasteiger partial charge in [0.25, 0.3) is 0 Å². The summed E-state index contributed by atoms with van der Waals surface area (Å²) < 4.78 is 10.7. The molecule has 2 amide bonds. The van der Waals surface area contributed by atoms with Gasteiger partial charge >= 0.3 is 6.03 Å². The summed E-state index contributed by atoms with van der Waals surface area (Å²) in [5, 5.41) is 12.5. The molecule has 0 aliphatic rings. The number of aliphatic hydroxyl groups is 1. The second kappa shape index (κ2) is 9.89. The van der Waals surface area contributed by atoms with Crippen molar-refractivity contribution in [3.63, 3.8) is 0 Å². The molecule has 26 heavy (non-hydrogen) atoms. The first-order valence-electron chi connectivity index (χ1n) is 8.30. The quantitative estimate of drug-likeness (QED) is 0.733. The Morgan fingerprint density at radius 1 is 1.23 bits per heavy atom. The average molecular weight is 379 g/mol. The van der Waals surface area contributed by atoms with Crippen LogP contribution in [0.1, 0.15) is 12.5 Å². The zero-order chi connectivity index (χ0) is 18.9. The largest absolute Gasteiger partial charge is 0.496 e. The van der Waals surface area contributed by atoms with E-state index in [0.717, 1.165) is 5.56 Å². The first-order chi connectivity index (χ1) is 12.6. The van der Waals surface area contributed by atoms with E-state index in [-0.39, 0.29) is 19.2 Å². The molecule has 0 bridgehead atoms. The van der Waals surface area contributed by atoms with Crippen molar-refractivity contribution in [3.05, 3.63) is 53.1 Å². The number of methoxy groups -OCH3 is 1. The fourth-order valence-corrected chi connectivity index (χ4v) is 2.70. The van der Waals surface area contributed by atoms with Crippen LogP contribution in [0.25, 0.3) is 0 Å². The van der Waals surface area contributed by atoms with E-state index in [2.05, 4.69) is 5.32 Å². The summed E-state index contributed by atoms with van der Waals surface area (Å²) in [6.45, 7) is 2.73. The van der Waals surface area contributed by atoms with Crippen molar-refractivity contribution in [2.75, 3.05) is 32.2 Å². The number of para-hydroxylation sites is 1. The van der Waals surface area contributed by atoms with Crippen LogP contribution in [0.3, 0.4) is 0 Å². The molecule has 0 radical (unpaired) electrons. The van der Waals surface area contributed by atoms with Gasteiger partial charge in [0, 0.05) is 17.8 Å². The first kappa shape index (κ1) is 19.9. The highest BCUT2D eigenvalue weighted by molar-refractivity contribution is 6.32. The lowest BCUT2D eigenvalue weighted by Crippen LogP contribution is -2.36. The van der Waals surface area contributed by atoms with Gasteiger partial charge in [-0.3, -0.25) is 0 Å². The number of nitrogens with one attached hydrogen (secondary N) is 1. The highest BCUT2D eigenvalue weighted by atomic mass is 35.5. The predicted molar refractivity (Wildman–Crippen MR) is 102 cm³/mol. The number of hydrogen-bond donors (Lipinski definition) is 2. The molecule has 0 aliphatic carbocycles. The van der Waals surface area contributed by atoms with Crippen LogP contribution in [0.15, 0.2) is 42.5 Å². The van der Waals surface area contributed by atoms with Gasteiger partial charge in [-0.25, -0.2) is 4.79 Å². The fraction of sp³-hybridized carbons (Fsp3) is 0.316. The maximum absolute atomic E-state index is 12.6. The van der Waals surface area contributed by atoms with Gasteiger partial charge in [-0.15, -0.1) is 0 Å². The number of aliphatic hydroxyl groups excluding tert-OH is 1. The van der Waals surface area contributed by atoms with Crippen LogP contribution in [0.4, 0.5) is 10.5 Å². The molecule has 0 spiro atoms. The third-order valence-corrected chi connectivity index (χ3v) is 3.99. The molecule has 0 unspecified atom stereocenters. The van der Waals surface area contributed by atoms with Crippen molar-refractivity contribution in [3.8, 4) is 11.5 Å². The van der Waals surface area contributed by atoms with Gasteiger partial charge in [-0.1, -0.05) is 29.8 Å². The van der Waals surface area contributed by atoms with E-state index in [1.54, 1.807) is 25.3 Å². The molecule has 6 nitrogen and oxygen atoms in total. The van der Waals surface area contributed by atoms with E-state index in [1.807, 2.05) is 31.2 Å². The first-order valence-corrected chi connectivity index (χ1v) is 8.67. The van der Waals surface area contributed by atoms with Gasteiger partial charge in [0.2, 0.25) is 0 Å². The maximum Gasteiger partial charge on any atom is 0.322 e. The lowest BCUT2D eigenvalue weighted by molar-refractivity contribution is 0.184. The smallest absolute Gasteiger partial charge is 0.322 e. The lowest BCUT2D eigenvalue weighted by atomic mass is 10.2. The molecule has 0 fully saturated rings. The Labute approximate surface area is 158 Å². The lowest BCUT2D eigenvalue weighted by Gasteiger charge is -2.23. The van der Waals surface area contributed by atoms with Crippen LogP contribution in [-0.2, 0) is 6.54 Å². The molecule has 0 atom stereocenters. The zero-order valence-electron chi connectivity index (χ0n) is 14.9. The Balaban J connectivity index is 2.12. The highest BCUT2D eigenvalue weighted by Crippen LogP contribution is 2.28. The number of ether oxygens (including phenoxy) is 2. The van der Waals surface area contributed by atoms with Gasteiger partial charge < -0.3 is 24.8 Å². The number of hydrogen-bond acceptors (Lipinski definition) is 4. The molecular weight excluding hydrogens is 356 g/mol. The molecule has 0 aromatic heterocycles. The summed E-state index contributed by atoms with van der Waals surface area (Å²) in [6.07, 6.45) is 0. The SMILES string of the molecule is CCOc1ccc(NC(=O)N(CCO)Cc2ccccc2OC)cc1Cl. The minimum atomic E-state index is -0.342. The molecule has 0 heterocycles. The number of carbonyl (C=O) groups excluding carboxylic acids is 1. The number of carbonyl (C=O) groups is 1. The Morgan fingerprint density at radius 2 is 2.00 bits per heavy atom. The Bertz CT molecular complexity index is 739.